The fourth-order valence-electron chi connectivity index (χ4n) is 4.48. The van der Waals surface area contributed by atoms with E-state index in [-0.39, 0.29) is 23.8 Å². The third kappa shape index (κ3) is 3.70. The number of hydrogen-bond donors (Lipinski definition) is 1. The lowest BCUT2D eigenvalue weighted by Crippen LogP contribution is -2.34. The number of benzene rings is 1. The summed E-state index contributed by atoms with van der Waals surface area (Å²) in [6.45, 7) is 1.49. The van der Waals surface area contributed by atoms with Gasteiger partial charge in [0.05, 0.1) is 0 Å². The van der Waals surface area contributed by atoms with E-state index in [2.05, 4.69) is 0 Å². The lowest BCUT2D eigenvalue weighted by Gasteiger charge is -2.22. The van der Waals surface area contributed by atoms with Crippen LogP contribution in [-0.2, 0) is 4.79 Å². The Bertz CT molecular complexity index is 788. The number of likely N-dealkylation sites (tertiary alicyclic amines) is 1. The molecular formula is C22H26F2N2O. The standard InChI is InChI=1S/C22H26F2N2O/c23-20-9-3-8-17(21(20)24)15-6-1-2-7-16(15)18-13-19(18)22(27)26-11-4-5-14(25)10-12-26/h1-3,6-7,9,14,17-19H,4-5,8,10-13,25H2. The minimum absolute atomic E-state index is 0.0449. The highest BCUT2D eigenvalue weighted by Crippen LogP contribution is 2.52. The van der Waals surface area contributed by atoms with Crippen LogP contribution in [0.5, 0.6) is 0 Å². The van der Waals surface area contributed by atoms with Crippen molar-refractivity contribution < 1.29 is 13.6 Å². The molecule has 0 bridgehead atoms. The molecule has 4 unspecified atom stereocenters. The van der Waals surface area contributed by atoms with Crippen LogP contribution < -0.4 is 5.73 Å². The van der Waals surface area contributed by atoms with Crippen LogP contribution in [0.25, 0.3) is 0 Å². The Morgan fingerprint density at radius 2 is 1.89 bits per heavy atom. The second kappa shape index (κ2) is 7.55. The molecule has 1 aromatic rings. The first-order valence-electron chi connectivity index (χ1n) is 9.91. The molecular weight excluding hydrogens is 346 g/mol. The van der Waals surface area contributed by atoms with Crippen molar-refractivity contribution in [1.29, 1.82) is 0 Å². The van der Waals surface area contributed by atoms with E-state index in [1.54, 1.807) is 6.08 Å². The van der Waals surface area contributed by atoms with E-state index >= 15 is 0 Å². The summed E-state index contributed by atoms with van der Waals surface area (Å²) in [7, 11) is 0. The summed E-state index contributed by atoms with van der Waals surface area (Å²) in [5, 5.41) is 0. The SMILES string of the molecule is NC1CCCN(C(=O)C2CC2c2ccccc2C2CC=CC(F)=C2F)CC1. The van der Waals surface area contributed by atoms with Crippen molar-refractivity contribution in [2.45, 2.75) is 50.0 Å². The average Bonchev–Trinajstić information content (AvgIpc) is 3.48. The van der Waals surface area contributed by atoms with E-state index in [0.29, 0.717) is 6.42 Å². The van der Waals surface area contributed by atoms with Crippen LogP contribution in [0.15, 0.2) is 48.1 Å². The smallest absolute Gasteiger partial charge is 0.226 e. The van der Waals surface area contributed by atoms with Crippen molar-refractivity contribution in [1.82, 2.24) is 4.90 Å². The molecule has 1 amide bonds. The van der Waals surface area contributed by atoms with Crippen LogP contribution in [0, 0.1) is 5.92 Å². The van der Waals surface area contributed by atoms with Gasteiger partial charge in [0.2, 0.25) is 5.91 Å². The third-order valence-corrected chi connectivity index (χ3v) is 6.13. The van der Waals surface area contributed by atoms with Gasteiger partial charge in [-0.1, -0.05) is 30.3 Å². The topological polar surface area (TPSA) is 46.3 Å². The highest BCUT2D eigenvalue weighted by molar-refractivity contribution is 5.83. The van der Waals surface area contributed by atoms with Crippen molar-refractivity contribution in [3.8, 4) is 0 Å². The molecule has 1 saturated carbocycles. The molecule has 0 spiro atoms. The predicted molar refractivity (Wildman–Crippen MR) is 101 cm³/mol. The molecule has 0 aromatic heterocycles. The first-order valence-corrected chi connectivity index (χ1v) is 9.91. The summed E-state index contributed by atoms with van der Waals surface area (Å²) in [5.74, 6) is -1.82. The van der Waals surface area contributed by atoms with Gasteiger partial charge in [-0.15, -0.1) is 0 Å². The van der Waals surface area contributed by atoms with E-state index in [1.807, 2.05) is 29.2 Å². The summed E-state index contributed by atoms with van der Waals surface area (Å²) in [6.07, 6.45) is 6.87. The second-order valence-corrected chi connectivity index (χ2v) is 7.98. The molecule has 1 heterocycles. The number of halogens is 2. The number of rotatable bonds is 3. The lowest BCUT2D eigenvalue weighted by atomic mass is 9.86. The summed E-state index contributed by atoms with van der Waals surface area (Å²) in [6, 6.07) is 7.80. The molecule has 144 valence electrons. The Morgan fingerprint density at radius 1 is 1.11 bits per heavy atom. The van der Waals surface area contributed by atoms with Crippen molar-refractivity contribution >= 4 is 5.91 Å². The zero-order valence-corrected chi connectivity index (χ0v) is 15.4. The van der Waals surface area contributed by atoms with Crippen molar-refractivity contribution in [2.75, 3.05) is 13.1 Å². The number of amides is 1. The summed E-state index contributed by atoms with van der Waals surface area (Å²) in [4.78, 5) is 14.9. The maximum absolute atomic E-state index is 14.4. The van der Waals surface area contributed by atoms with Gasteiger partial charge >= 0.3 is 0 Å². The molecule has 3 aliphatic rings. The first-order chi connectivity index (χ1) is 13.1. The molecule has 1 aliphatic heterocycles. The fourth-order valence-corrected chi connectivity index (χ4v) is 4.48. The number of carbonyl (C=O) groups excluding carboxylic acids is 1. The van der Waals surface area contributed by atoms with E-state index < -0.39 is 17.6 Å². The first kappa shape index (κ1) is 18.4. The normalized spacial score (nSPS) is 31.0. The van der Waals surface area contributed by atoms with E-state index in [9.17, 15) is 13.6 Å². The van der Waals surface area contributed by atoms with Gasteiger partial charge < -0.3 is 10.6 Å². The molecule has 27 heavy (non-hydrogen) atoms. The average molecular weight is 372 g/mol. The van der Waals surface area contributed by atoms with Crippen LogP contribution in [0.3, 0.4) is 0 Å². The summed E-state index contributed by atoms with van der Waals surface area (Å²) in [5.41, 5.74) is 7.82. The molecule has 4 atom stereocenters. The van der Waals surface area contributed by atoms with Gasteiger partial charge in [-0.05, 0) is 55.2 Å². The van der Waals surface area contributed by atoms with Gasteiger partial charge in [0, 0.05) is 31.0 Å². The van der Waals surface area contributed by atoms with E-state index in [1.165, 1.54) is 6.08 Å². The van der Waals surface area contributed by atoms with E-state index in [0.717, 1.165) is 49.9 Å². The Kier molecular flexibility index (Phi) is 5.13. The molecule has 0 radical (unpaired) electrons. The highest BCUT2D eigenvalue weighted by Gasteiger charge is 2.47. The van der Waals surface area contributed by atoms with Crippen molar-refractivity contribution in [3.05, 3.63) is 59.2 Å². The number of carbonyl (C=O) groups is 1. The zero-order valence-electron chi connectivity index (χ0n) is 15.4. The summed E-state index contributed by atoms with van der Waals surface area (Å²) >= 11 is 0. The molecule has 1 saturated heterocycles. The molecule has 2 aliphatic carbocycles. The Balaban J connectivity index is 1.51. The molecule has 5 heteroatoms. The van der Waals surface area contributed by atoms with Gasteiger partial charge in [-0.3, -0.25) is 4.79 Å². The predicted octanol–water partition coefficient (Wildman–Crippen LogP) is 4.32. The molecule has 2 fully saturated rings. The maximum atomic E-state index is 14.4. The second-order valence-electron chi connectivity index (χ2n) is 7.98. The Labute approximate surface area is 158 Å². The monoisotopic (exact) mass is 372 g/mol. The Hall–Kier alpha value is -2.01. The molecule has 2 N–H and O–H groups in total. The lowest BCUT2D eigenvalue weighted by molar-refractivity contribution is -0.132. The van der Waals surface area contributed by atoms with Crippen LogP contribution in [0.1, 0.15) is 55.1 Å². The quantitative estimate of drug-likeness (QED) is 0.859. The van der Waals surface area contributed by atoms with Gasteiger partial charge in [-0.25, -0.2) is 8.78 Å². The third-order valence-electron chi connectivity index (χ3n) is 6.13. The molecule has 1 aromatic carbocycles. The van der Waals surface area contributed by atoms with Gasteiger partial charge in [-0.2, -0.15) is 0 Å². The zero-order chi connectivity index (χ0) is 19.0. The number of hydrogen-bond acceptors (Lipinski definition) is 2. The Morgan fingerprint density at radius 3 is 2.70 bits per heavy atom. The van der Waals surface area contributed by atoms with Crippen molar-refractivity contribution in [3.63, 3.8) is 0 Å². The number of nitrogens with two attached hydrogens (primary N) is 1. The van der Waals surface area contributed by atoms with Crippen LogP contribution in [-0.4, -0.2) is 29.9 Å². The van der Waals surface area contributed by atoms with Gasteiger partial charge in [0.1, 0.15) is 5.83 Å². The van der Waals surface area contributed by atoms with Crippen molar-refractivity contribution in [2.24, 2.45) is 11.7 Å². The van der Waals surface area contributed by atoms with E-state index in [4.69, 9.17) is 5.73 Å². The van der Waals surface area contributed by atoms with Gasteiger partial charge in [0.15, 0.2) is 5.83 Å². The minimum Gasteiger partial charge on any atom is -0.342 e. The maximum Gasteiger partial charge on any atom is 0.226 e. The van der Waals surface area contributed by atoms with Crippen LogP contribution in [0.2, 0.25) is 0 Å². The fraction of sp³-hybridized carbons (Fsp3) is 0.500. The number of allylic oxidation sites excluding steroid dienone is 4. The number of nitrogens with zero attached hydrogens (tertiary/aromatic N) is 1. The largest absolute Gasteiger partial charge is 0.342 e. The highest BCUT2D eigenvalue weighted by atomic mass is 19.2. The molecule has 4 rings (SSSR count). The molecule has 3 nitrogen and oxygen atoms in total. The minimum atomic E-state index is -0.787. The summed E-state index contributed by atoms with van der Waals surface area (Å²) < 4.78 is 28.1. The van der Waals surface area contributed by atoms with Gasteiger partial charge in [0.25, 0.3) is 0 Å². The van der Waals surface area contributed by atoms with Crippen LogP contribution in [0.4, 0.5) is 8.78 Å². The van der Waals surface area contributed by atoms with Crippen LogP contribution >= 0.6 is 0 Å².